The molecule has 0 bridgehead atoms. The van der Waals surface area contributed by atoms with E-state index in [1.54, 1.807) is 54.3 Å². The quantitative estimate of drug-likeness (QED) is 0.741. The zero-order valence-electron chi connectivity index (χ0n) is 14.6. The van der Waals surface area contributed by atoms with Gasteiger partial charge in [-0.1, -0.05) is 23.7 Å². The number of ether oxygens (including phenoxy) is 1. The van der Waals surface area contributed by atoms with E-state index < -0.39 is 0 Å². The Bertz CT molecular complexity index is 1030. The van der Waals surface area contributed by atoms with E-state index in [2.05, 4.69) is 5.32 Å². The standard InChI is InChI=1S/C20H19ClN2O3/c1-13-6-7-14(12-17(13)21)19(24)22-18-5-3-4-16-15(18)8-9-23(20(16)25)10-11-26-2/h3-9,12H,10-11H2,1-2H3,(H,22,24). The van der Waals surface area contributed by atoms with Crippen molar-refractivity contribution in [2.24, 2.45) is 0 Å². The number of nitrogens with zero attached hydrogens (tertiary/aromatic N) is 1. The number of anilines is 1. The van der Waals surface area contributed by atoms with Gasteiger partial charge in [-0.15, -0.1) is 0 Å². The number of rotatable bonds is 5. The van der Waals surface area contributed by atoms with Crippen molar-refractivity contribution in [1.29, 1.82) is 0 Å². The van der Waals surface area contributed by atoms with Gasteiger partial charge in [0.15, 0.2) is 0 Å². The van der Waals surface area contributed by atoms with Crippen LogP contribution < -0.4 is 10.9 Å². The van der Waals surface area contributed by atoms with Crippen LogP contribution in [0.1, 0.15) is 15.9 Å². The van der Waals surface area contributed by atoms with Gasteiger partial charge in [0.05, 0.1) is 6.61 Å². The molecular formula is C20H19ClN2O3. The van der Waals surface area contributed by atoms with E-state index in [9.17, 15) is 9.59 Å². The summed E-state index contributed by atoms with van der Waals surface area (Å²) >= 11 is 6.10. The lowest BCUT2D eigenvalue weighted by Gasteiger charge is -2.11. The van der Waals surface area contributed by atoms with Crippen LogP contribution in [0.4, 0.5) is 5.69 Å². The fourth-order valence-corrected chi connectivity index (χ4v) is 2.90. The molecule has 6 heteroatoms. The molecule has 3 rings (SSSR count). The largest absolute Gasteiger partial charge is 0.383 e. The highest BCUT2D eigenvalue weighted by atomic mass is 35.5. The third-order valence-electron chi connectivity index (χ3n) is 4.24. The molecule has 0 fully saturated rings. The summed E-state index contributed by atoms with van der Waals surface area (Å²) in [5, 5.41) is 4.64. The van der Waals surface area contributed by atoms with Gasteiger partial charge in [-0.3, -0.25) is 9.59 Å². The molecule has 1 heterocycles. The average Bonchev–Trinajstić information content (AvgIpc) is 2.64. The van der Waals surface area contributed by atoms with Crippen molar-refractivity contribution in [3.05, 3.63) is 75.2 Å². The van der Waals surface area contributed by atoms with E-state index in [1.807, 2.05) is 13.0 Å². The SMILES string of the molecule is COCCn1ccc2c(NC(=O)c3ccc(C)c(Cl)c3)cccc2c1=O. The Morgan fingerprint density at radius 3 is 2.73 bits per heavy atom. The van der Waals surface area contributed by atoms with Gasteiger partial charge in [0.2, 0.25) is 0 Å². The minimum Gasteiger partial charge on any atom is -0.383 e. The zero-order valence-corrected chi connectivity index (χ0v) is 15.3. The maximum atomic E-state index is 12.6. The Hall–Kier alpha value is -2.63. The second kappa shape index (κ2) is 7.72. The first kappa shape index (κ1) is 18.2. The first-order chi connectivity index (χ1) is 12.5. The van der Waals surface area contributed by atoms with Crippen LogP contribution in [0.25, 0.3) is 10.8 Å². The fourth-order valence-electron chi connectivity index (χ4n) is 2.72. The molecule has 134 valence electrons. The predicted molar refractivity (Wildman–Crippen MR) is 104 cm³/mol. The smallest absolute Gasteiger partial charge is 0.258 e. The molecule has 1 N–H and O–H groups in total. The molecule has 0 saturated heterocycles. The van der Waals surface area contributed by atoms with Crippen molar-refractivity contribution in [1.82, 2.24) is 4.57 Å². The predicted octanol–water partition coefficient (Wildman–Crippen LogP) is 3.86. The Morgan fingerprint density at radius 1 is 1.19 bits per heavy atom. The highest BCUT2D eigenvalue weighted by Crippen LogP contribution is 2.23. The third kappa shape index (κ3) is 3.64. The molecule has 5 nitrogen and oxygen atoms in total. The summed E-state index contributed by atoms with van der Waals surface area (Å²) in [7, 11) is 1.59. The fraction of sp³-hybridized carbons (Fsp3) is 0.200. The monoisotopic (exact) mass is 370 g/mol. The summed E-state index contributed by atoms with van der Waals surface area (Å²) in [5.41, 5.74) is 1.84. The number of carbonyl (C=O) groups excluding carboxylic acids is 1. The molecule has 26 heavy (non-hydrogen) atoms. The normalized spacial score (nSPS) is 10.9. The highest BCUT2D eigenvalue weighted by Gasteiger charge is 2.11. The maximum absolute atomic E-state index is 12.6. The van der Waals surface area contributed by atoms with E-state index in [0.717, 1.165) is 5.56 Å². The second-order valence-corrected chi connectivity index (χ2v) is 6.40. The van der Waals surface area contributed by atoms with Gasteiger partial charge in [0, 0.05) is 46.9 Å². The number of fused-ring (bicyclic) bond motifs is 1. The molecule has 0 saturated carbocycles. The van der Waals surface area contributed by atoms with Crippen molar-refractivity contribution in [3.8, 4) is 0 Å². The van der Waals surface area contributed by atoms with Crippen LogP contribution in [-0.4, -0.2) is 24.2 Å². The molecule has 3 aromatic rings. The maximum Gasteiger partial charge on any atom is 0.258 e. The topological polar surface area (TPSA) is 60.3 Å². The average molecular weight is 371 g/mol. The number of carbonyl (C=O) groups is 1. The summed E-state index contributed by atoms with van der Waals surface area (Å²) < 4.78 is 6.62. The molecule has 1 aromatic heterocycles. The Balaban J connectivity index is 1.95. The van der Waals surface area contributed by atoms with Crippen molar-refractivity contribution in [2.75, 3.05) is 19.0 Å². The second-order valence-electron chi connectivity index (χ2n) is 5.99. The van der Waals surface area contributed by atoms with E-state index in [4.69, 9.17) is 16.3 Å². The van der Waals surface area contributed by atoms with Crippen LogP contribution >= 0.6 is 11.6 Å². The Kier molecular flexibility index (Phi) is 5.40. The number of amides is 1. The van der Waals surface area contributed by atoms with E-state index in [-0.39, 0.29) is 11.5 Å². The number of hydrogen-bond acceptors (Lipinski definition) is 3. The Morgan fingerprint density at radius 2 is 2.00 bits per heavy atom. The van der Waals surface area contributed by atoms with Crippen molar-refractivity contribution in [3.63, 3.8) is 0 Å². The molecule has 0 unspecified atom stereocenters. The number of aromatic nitrogens is 1. The number of nitrogens with one attached hydrogen (secondary N) is 1. The molecule has 0 radical (unpaired) electrons. The van der Waals surface area contributed by atoms with Crippen LogP contribution in [0.15, 0.2) is 53.5 Å². The van der Waals surface area contributed by atoms with E-state index in [1.165, 1.54) is 0 Å². The van der Waals surface area contributed by atoms with Gasteiger partial charge in [0.1, 0.15) is 0 Å². The van der Waals surface area contributed by atoms with Crippen LogP contribution in [0, 0.1) is 6.92 Å². The lowest BCUT2D eigenvalue weighted by molar-refractivity contribution is 0.102. The number of benzene rings is 2. The number of halogens is 1. The lowest BCUT2D eigenvalue weighted by Crippen LogP contribution is -2.22. The van der Waals surface area contributed by atoms with Crippen molar-refractivity contribution >= 4 is 34.0 Å². The molecule has 1 amide bonds. The molecule has 0 atom stereocenters. The minimum atomic E-state index is -0.275. The Labute approximate surface area is 156 Å². The minimum absolute atomic E-state index is 0.117. The van der Waals surface area contributed by atoms with Crippen molar-refractivity contribution in [2.45, 2.75) is 13.5 Å². The number of hydrogen-bond donors (Lipinski definition) is 1. The summed E-state index contributed by atoms with van der Waals surface area (Å²) in [4.78, 5) is 25.1. The van der Waals surface area contributed by atoms with Crippen LogP contribution in [0.5, 0.6) is 0 Å². The van der Waals surface area contributed by atoms with Crippen LogP contribution in [0.2, 0.25) is 5.02 Å². The van der Waals surface area contributed by atoms with Gasteiger partial charge >= 0.3 is 0 Å². The number of aryl methyl sites for hydroxylation is 1. The molecule has 0 aliphatic heterocycles. The van der Waals surface area contributed by atoms with E-state index in [0.29, 0.717) is 40.2 Å². The molecule has 0 aliphatic carbocycles. The number of pyridine rings is 1. The van der Waals surface area contributed by atoms with E-state index >= 15 is 0 Å². The number of methoxy groups -OCH3 is 1. The molecule has 2 aromatic carbocycles. The lowest BCUT2D eigenvalue weighted by atomic mass is 10.1. The third-order valence-corrected chi connectivity index (χ3v) is 4.64. The first-order valence-corrected chi connectivity index (χ1v) is 8.57. The van der Waals surface area contributed by atoms with Gasteiger partial charge in [-0.05, 0) is 42.8 Å². The van der Waals surface area contributed by atoms with Gasteiger partial charge in [-0.2, -0.15) is 0 Å². The van der Waals surface area contributed by atoms with Crippen molar-refractivity contribution < 1.29 is 9.53 Å². The highest BCUT2D eigenvalue weighted by molar-refractivity contribution is 6.31. The van der Waals surface area contributed by atoms with Crippen LogP contribution in [0.3, 0.4) is 0 Å². The molecule has 0 aliphatic rings. The summed E-state index contributed by atoms with van der Waals surface area (Å²) in [6.07, 6.45) is 1.71. The van der Waals surface area contributed by atoms with Gasteiger partial charge in [0.25, 0.3) is 11.5 Å². The summed E-state index contributed by atoms with van der Waals surface area (Å²) in [6, 6.07) is 12.3. The van der Waals surface area contributed by atoms with Gasteiger partial charge < -0.3 is 14.6 Å². The molecular weight excluding hydrogens is 352 g/mol. The summed E-state index contributed by atoms with van der Waals surface area (Å²) in [5.74, 6) is -0.275. The zero-order chi connectivity index (χ0) is 18.7. The summed E-state index contributed by atoms with van der Waals surface area (Å²) in [6.45, 7) is 2.81. The van der Waals surface area contributed by atoms with Gasteiger partial charge in [-0.25, -0.2) is 0 Å². The van der Waals surface area contributed by atoms with Crippen LogP contribution in [-0.2, 0) is 11.3 Å². The molecule has 0 spiro atoms. The first-order valence-electron chi connectivity index (χ1n) is 8.20.